The van der Waals surface area contributed by atoms with E-state index < -0.39 is 26.8 Å². The Kier molecular flexibility index (Phi) is 9.02. The number of hydrogen-bond donors (Lipinski definition) is 2. The predicted octanol–water partition coefficient (Wildman–Crippen LogP) is 5.65. The highest BCUT2D eigenvalue weighted by Gasteiger charge is 2.49. The van der Waals surface area contributed by atoms with Crippen molar-refractivity contribution in [1.29, 1.82) is 0 Å². The van der Waals surface area contributed by atoms with Crippen LogP contribution >= 0.6 is 11.6 Å². The number of anilines is 1. The van der Waals surface area contributed by atoms with Crippen LogP contribution in [0.5, 0.6) is 5.75 Å². The number of halogens is 1. The van der Waals surface area contributed by atoms with Crippen molar-refractivity contribution in [3.8, 4) is 5.75 Å². The van der Waals surface area contributed by atoms with E-state index in [1.807, 2.05) is 19.1 Å². The molecule has 2 N–H and O–H groups in total. The number of nitrogens with zero attached hydrogens (tertiary/aromatic N) is 1. The first-order valence-electron chi connectivity index (χ1n) is 16.2. The first kappa shape index (κ1) is 32.4. The Morgan fingerprint density at radius 3 is 2.73 bits per heavy atom. The second kappa shape index (κ2) is 12.5. The molecule has 4 aliphatic rings. The molecule has 244 valence electrons. The van der Waals surface area contributed by atoms with Crippen LogP contribution in [-0.4, -0.2) is 63.7 Å². The van der Waals surface area contributed by atoms with E-state index in [1.165, 1.54) is 11.1 Å². The lowest BCUT2D eigenvalue weighted by molar-refractivity contribution is -0.0864. The Hall–Kier alpha value is -2.59. The quantitative estimate of drug-likeness (QED) is 0.412. The molecule has 0 radical (unpaired) electrons. The summed E-state index contributed by atoms with van der Waals surface area (Å²) < 4.78 is 41.8. The molecule has 10 heteroatoms. The Morgan fingerprint density at radius 1 is 1.18 bits per heavy atom. The number of fused-ring (bicyclic) bond motifs is 4. The van der Waals surface area contributed by atoms with Crippen LogP contribution in [0.2, 0.25) is 5.02 Å². The van der Waals surface area contributed by atoms with Gasteiger partial charge in [0.05, 0.1) is 23.1 Å². The van der Waals surface area contributed by atoms with E-state index in [2.05, 4.69) is 27.8 Å². The number of aliphatic hydroxyl groups excluding tert-OH is 1. The smallest absolute Gasteiger partial charge is 0.264 e. The van der Waals surface area contributed by atoms with Crippen molar-refractivity contribution < 1.29 is 27.8 Å². The zero-order valence-electron chi connectivity index (χ0n) is 26.4. The number of ether oxygens (including phenoxy) is 2. The van der Waals surface area contributed by atoms with Gasteiger partial charge >= 0.3 is 0 Å². The monoisotopic (exact) mass is 656 g/mol. The third kappa shape index (κ3) is 6.01. The average Bonchev–Trinajstić information content (AvgIpc) is 3.15. The lowest BCUT2D eigenvalue weighted by Gasteiger charge is -2.50. The zero-order chi connectivity index (χ0) is 32.0. The van der Waals surface area contributed by atoms with Gasteiger partial charge < -0.3 is 19.5 Å². The van der Waals surface area contributed by atoms with Gasteiger partial charge in [0.1, 0.15) is 5.75 Å². The van der Waals surface area contributed by atoms with Crippen molar-refractivity contribution >= 4 is 33.2 Å². The van der Waals surface area contributed by atoms with Crippen molar-refractivity contribution in [3.63, 3.8) is 0 Å². The maximum atomic E-state index is 13.4. The summed E-state index contributed by atoms with van der Waals surface area (Å²) in [4.78, 5) is 15.8. The van der Waals surface area contributed by atoms with E-state index in [4.69, 9.17) is 21.1 Å². The summed E-state index contributed by atoms with van der Waals surface area (Å²) in [5.74, 6) is 0.238. The number of amides is 1. The van der Waals surface area contributed by atoms with Gasteiger partial charge in [0, 0.05) is 49.2 Å². The number of benzene rings is 2. The largest absolute Gasteiger partial charge is 0.490 e. The van der Waals surface area contributed by atoms with Crippen LogP contribution in [0.15, 0.2) is 48.6 Å². The van der Waals surface area contributed by atoms with Gasteiger partial charge in [0.15, 0.2) is 0 Å². The zero-order valence-corrected chi connectivity index (χ0v) is 28.0. The first-order chi connectivity index (χ1) is 21.5. The summed E-state index contributed by atoms with van der Waals surface area (Å²) in [5, 5.41) is 10.1. The van der Waals surface area contributed by atoms with Crippen LogP contribution in [0.4, 0.5) is 5.69 Å². The van der Waals surface area contributed by atoms with Crippen LogP contribution in [-0.2, 0) is 26.6 Å². The van der Waals surface area contributed by atoms with Crippen LogP contribution in [0, 0.1) is 17.8 Å². The summed E-state index contributed by atoms with van der Waals surface area (Å²) in [6.45, 7) is 5.39. The molecule has 6 rings (SSSR count). The number of nitrogens with one attached hydrogen (secondary N) is 1. The Bertz CT molecular complexity index is 1580. The topological polar surface area (TPSA) is 105 Å². The van der Waals surface area contributed by atoms with E-state index in [1.54, 1.807) is 32.2 Å². The molecule has 1 saturated carbocycles. The van der Waals surface area contributed by atoms with Crippen molar-refractivity contribution in [2.24, 2.45) is 17.8 Å². The molecule has 2 bridgehead atoms. The van der Waals surface area contributed by atoms with Crippen molar-refractivity contribution in [2.45, 2.75) is 75.1 Å². The second-order valence-corrected chi connectivity index (χ2v) is 16.1. The molecule has 8 nitrogen and oxygen atoms in total. The fourth-order valence-electron chi connectivity index (χ4n) is 8.12. The van der Waals surface area contributed by atoms with Gasteiger partial charge in [-0.3, -0.25) is 4.79 Å². The summed E-state index contributed by atoms with van der Waals surface area (Å²) in [5.41, 5.74) is 2.63. The fraction of sp³-hybridized carbons (Fsp3) is 0.571. The summed E-state index contributed by atoms with van der Waals surface area (Å²) in [6.07, 6.45) is 9.94. The van der Waals surface area contributed by atoms with E-state index >= 15 is 0 Å². The average molecular weight is 657 g/mol. The molecule has 0 unspecified atom stereocenters. The van der Waals surface area contributed by atoms with E-state index in [0.29, 0.717) is 38.3 Å². The highest BCUT2D eigenvalue weighted by Crippen LogP contribution is 2.49. The van der Waals surface area contributed by atoms with E-state index in [9.17, 15) is 18.3 Å². The number of rotatable bonds is 3. The van der Waals surface area contributed by atoms with Gasteiger partial charge in [0.25, 0.3) is 5.91 Å². The Labute approximate surface area is 272 Å². The number of aryl methyl sites for hydroxylation is 1. The molecule has 6 atom stereocenters. The van der Waals surface area contributed by atoms with Crippen LogP contribution in [0.3, 0.4) is 0 Å². The minimum absolute atomic E-state index is 0.0139. The maximum absolute atomic E-state index is 13.4. The predicted molar refractivity (Wildman–Crippen MR) is 177 cm³/mol. The van der Waals surface area contributed by atoms with Gasteiger partial charge in [-0.05, 0) is 105 Å². The molecule has 0 aromatic heterocycles. The summed E-state index contributed by atoms with van der Waals surface area (Å²) >= 11 is 6.42. The number of allylic oxidation sites excluding steroid dienone is 1. The molecule has 2 aromatic rings. The van der Waals surface area contributed by atoms with Gasteiger partial charge in [-0.2, -0.15) is 0 Å². The summed E-state index contributed by atoms with van der Waals surface area (Å²) in [6, 6.07) is 11.4. The van der Waals surface area contributed by atoms with Crippen molar-refractivity contribution in [3.05, 3.63) is 70.3 Å². The molecule has 1 fully saturated rings. The highest BCUT2D eigenvalue weighted by molar-refractivity contribution is 7.90. The summed E-state index contributed by atoms with van der Waals surface area (Å²) in [7, 11) is -2.24. The van der Waals surface area contributed by atoms with Crippen LogP contribution in [0.1, 0.15) is 73.9 Å². The standard InChI is InChI=1S/C35H45ClN2O6S/c1-23-6-4-15-35(43-3,16-17-39)30-11-8-27(30)20-38-21-34(14-5-7-25-18-28(36)10-12-29(25)34)22-44-32-13-9-26(19-31(32)38)33(40)37-45(41,42)24(23)2/h4,9-10,12-13,15,18-19,23-24,27,30,39H,5-8,11,14,16-17,20-22H2,1-3H3,(H,37,40)/b15-4-/t23-,24+,27-,30+,34-,35+/m0/s1. The number of hydrogen-bond acceptors (Lipinski definition) is 7. The SMILES string of the molecule is CO[C@@]1(CCO)/C=C\C[C@H](C)[C@@H](C)S(=O)(=O)NC(=O)c2ccc3c(c2)N(C[C@@H]2CC[C@H]21)C[C@@]1(CCCc2cc(Cl)ccc21)CO3. The number of carbonyl (C=O) groups is 1. The molecule has 0 saturated heterocycles. The molecule has 45 heavy (non-hydrogen) atoms. The second-order valence-electron chi connectivity index (χ2n) is 13.7. The first-order valence-corrected chi connectivity index (χ1v) is 18.1. The molecule has 1 spiro atoms. The lowest BCUT2D eigenvalue weighted by Crippen LogP contribution is -2.53. The number of sulfonamides is 1. The van der Waals surface area contributed by atoms with E-state index in [-0.39, 0.29) is 35.3 Å². The third-order valence-electron chi connectivity index (χ3n) is 11.1. The van der Waals surface area contributed by atoms with Gasteiger partial charge in [-0.1, -0.05) is 36.7 Å². The minimum atomic E-state index is -3.95. The van der Waals surface area contributed by atoms with Crippen LogP contribution < -0.4 is 14.4 Å². The molecular formula is C35H45ClN2O6S. The normalized spacial score (nSPS) is 33.5. The highest BCUT2D eigenvalue weighted by atomic mass is 35.5. The minimum Gasteiger partial charge on any atom is -0.490 e. The maximum Gasteiger partial charge on any atom is 0.264 e. The van der Waals surface area contributed by atoms with Gasteiger partial charge in [-0.25, -0.2) is 13.1 Å². The molecular weight excluding hydrogens is 612 g/mol. The molecule has 1 amide bonds. The van der Waals surface area contributed by atoms with Crippen molar-refractivity contribution in [1.82, 2.24) is 4.72 Å². The number of carbonyl (C=O) groups excluding carboxylic acids is 1. The van der Waals surface area contributed by atoms with Crippen molar-refractivity contribution in [2.75, 3.05) is 38.3 Å². The molecule has 2 aliphatic heterocycles. The Balaban J connectivity index is 1.46. The lowest BCUT2D eigenvalue weighted by atomic mass is 9.63. The van der Waals surface area contributed by atoms with E-state index in [0.717, 1.165) is 42.8 Å². The Morgan fingerprint density at radius 2 is 2.00 bits per heavy atom. The fourth-order valence-corrected chi connectivity index (χ4v) is 9.60. The molecule has 2 aromatic carbocycles. The van der Waals surface area contributed by atoms with Gasteiger partial charge in [-0.15, -0.1) is 0 Å². The van der Waals surface area contributed by atoms with Gasteiger partial charge in [0.2, 0.25) is 10.0 Å². The number of aliphatic hydroxyl groups is 1. The number of methoxy groups -OCH3 is 1. The molecule has 2 aliphatic carbocycles. The molecule has 2 heterocycles. The van der Waals surface area contributed by atoms with Crippen LogP contribution in [0.25, 0.3) is 0 Å². The third-order valence-corrected chi connectivity index (χ3v) is 13.3.